The van der Waals surface area contributed by atoms with Crippen LogP contribution in [0.4, 0.5) is 10.1 Å². The van der Waals surface area contributed by atoms with E-state index < -0.39 is 34.3 Å². The fourth-order valence-corrected chi connectivity index (χ4v) is 5.17. The normalized spacial score (nSPS) is 14.9. The number of amides is 1. The van der Waals surface area contributed by atoms with Gasteiger partial charge in [-0.2, -0.15) is 4.31 Å². The first-order valence-corrected chi connectivity index (χ1v) is 11.5. The fraction of sp³-hybridized carbons (Fsp3) is 0.364. The molecular formula is C22H25FN2O5S. The fourth-order valence-electron chi connectivity index (χ4n) is 3.61. The van der Waals surface area contributed by atoms with Crippen molar-refractivity contribution in [3.8, 4) is 0 Å². The van der Waals surface area contributed by atoms with E-state index in [0.717, 1.165) is 38.2 Å². The minimum absolute atomic E-state index is 0.0205. The molecule has 0 heterocycles. The predicted octanol–water partition coefficient (Wildman–Crippen LogP) is 3.57. The summed E-state index contributed by atoms with van der Waals surface area (Å²) in [4.78, 5) is 24.2. The standard InChI is InChI=1S/C22H25FN2O5S/c1-25(18-10-3-2-4-11-18)31(28,29)20-13-6-5-12-19(20)24-21(26)15-30-22(27)16-8-7-9-17(23)14-16/h5-9,12-14,18H,2-4,10-11,15H2,1H3,(H,24,26). The van der Waals surface area contributed by atoms with Crippen LogP contribution in [0.5, 0.6) is 0 Å². The predicted molar refractivity (Wildman–Crippen MR) is 114 cm³/mol. The molecule has 0 spiro atoms. The van der Waals surface area contributed by atoms with Crippen molar-refractivity contribution in [1.29, 1.82) is 0 Å². The summed E-state index contributed by atoms with van der Waals surface area (Å²) < 4.78 is 45.8. The van der Waals surface area contributed by atoms with Crippen molar-refractivity contribution >= 4 is 27.6 Å². The third kappa shape index (κ3) is 5.68. The number of carbonyl (C=O) groups is 2. The Bertz CT molecular complexity index is 1050. The van der Waals surface area contributed by atoms with Crippen molar-refractivity contribution < 1.29 is 27.1 Å². The molecule has 0 radical (unpaired) electrons. The van der Waals surface area contributed by atoms with Gasteiger partial charge in [-0.05, 0) is 43.2 Å². The third-order valence-electron chi connectivity index (χ3n) is 5.30. The van der Waals surface area contributed by atoms with Crippen molar-refractivity contribution in [2.45, 2.75) is 43.0 Å². The third-order valence-corrected chi connectivity index (χ3v) is 7.27. The molecule has 2 aromatic rings. The lowest BCUT2D eigenvalue weighted by Gasteiger charge is -2.30. The number of para-hydroxylation sites is 1. The Kier molecular flexibility index (Phi) is 7.40. The second-order valence-electron chi connectivity index (χ2n) is 7.44. The molecule has 7 nitrogen and oxygen atoms in total. The Morgan fingerprint density at radius 3 is 2.52 bits per heavy atom. The van der Waals surface area contributed by atoms with Gasteiger partial charge in [0, 0.05) is 13.1 Å². The quantitative estimate of drug-likeness (QED) is 0.654. The van der Waals surface area contributed by atoms with Gasteiger partial charge in [-0.1, -0.05) is 37.5 Å². The summed E-state index contributed by atoms with van der Waals surface area (Å²) in [6, 6.07) is 10.9. The number of nitrogens with one attached hydrogen (secondary N) is 1. The zero-order valence-electron chi connectivity index (χ0n) is 17.2. The van der Waals surface area contributed by atoms with Crippen LogP contribution in [0.1, 0.15) is 42.5 Å². The van der Waals surface area contributed by atoms with Crippen LogP contribution in [0, 0.1) is 5.82 Å². The number of esters is 1. The molecule has 1 saturated carbocycles. The van der Waals surface area contributed by atoms with Gasteiger partial charge in [0.05, 0.1) is 11.3 Å². The van der Waals surface area contributed by atoms with Gasteiger partial charge in [0.15, 0.2) is 6.61 Å². The van der Waals surface area contributed by atoms with Crippen molar-refractivity contribution in [2.75, 3.05) is 19.0 Å². The summed E-state index contributed by atoms with van der Waals surface area (Å²) in [6.45, 7) is -0.637. The number of nitrogens with zero attached hydrogens (tertiary/aromatic N) is 1. The van der Waals surface area contributed by atoms with E-state index in [1.165, 1.54) is 34.6 Å². The molecule has 31 heavy (non-hydrogen) atoms. The van der Waals surface area contributed by atoms with E-state index in [0.29, 0.717) is 0 Å². The first kappa shape index (κ1) is 22.9. The summed E-state index contributed by atoms with van der Waals surface area (Å²) in [5.41, 5.74) is 0.0850. The molecule has 1 amide bonds. The van der Waals surface area contributed by atoms with E-state index in [4.69, 9.17) is 4.74 Å². The van der Waals surface area contributed by atoms with Gasteiger partial charge >= 0.3 is 5.97 Å². The van der Waals surface area contributed by atoms with E-state index in [-0.39, 0.29) is 22.2 Å². The van der Waals surface area contributed by atoms with Crippen molar-refractivity contribution in [1.82, 2.24) is 4.31 Å². The van der Waals surface area contributed by atoms with Gasteiger partial charge in [-0.25, -0.2) is 17.6 Å². The number of ether oxygens (including phenoxy) is 1. The molecule has 1 aliphatic rings. The summed E-state index contributed by atoms with van der Waals surface area (Å²) in [5, 5.41) is 2.50. The van der Waals surface area contributed by atoms with Gasteiger partial charge in [0.25, 0.3) is 5.91 Å². The molecule has 0 aliphatic heterocycles. The molecule has 0 saturated heterocycles. The molecule has 166 valence electrons. The number of sulfonamides is 1. The summed E-state index contributed by atoms with van der Waals surface area (Å²) >= 11 is 0. The molecule has 0 aromatic heterocycles. The summed E-state index contributed by atoms with van der Waals surface area (Å²) in [6.07, 6.45) is 4.69. The number of carbonyl (C=O) groups excluding carboxylic acids is 2. The lowest BCUT2D eigenvalue weighted by atomic mass is 9.96. The smallest absolute Gasteiger partial charge is 0.338 e. The maximum atomic E-state index is 13.2. The number of hydrogen-bond donors (Lipinski definition) is 1. The molecule has 1 fully saturated rings. The second kappa shape index (κ2) is 10.0. The zero-order valence-corrected chi connectivity index (χ0v) is 18.0. The molecule has 0 unspecified atom stereocenters. The molecular weight excluding hydrogens is 423 g/mol. The van der Waals surface area contributed by atoms with E-state index in [1.54, 1.807) is 19.2 Å². The Hall–Kier alpha value is -2.78. The molecule has 3 rings (SSSR count). The maximum absolute atomic E-state index is 13.2. The minimum Gasteiger partial charge on any atom is -0.452 e. The Morgan fingerprint density at radius 1 is 1.10 bits per heavy atom. The average molecular weight is 449 g/mol. The SMILES string of the molecule is CN(C1CCCCC1)S(=O)(=O)c1ccccc1NC(=O)COC(=O)c1cccc(F)c1. The highest BCUT2D eigenvalue weighted by atomic mass is 32.2. The van der Waals surface area contributed by atoms with Crippen molar-refractivity contribution in [2.24, 2.45) is 0 Å². The van der Waals surface area contributed by atoms with E-state index in [9.17, 15) is 22.4 Å². The van der Waals surface area contributed by atoms with Crippen LogP contribution in [0.2, 0.25) is 0 Å². The summed E-state index contributed by atoms with van der Waals surface area (Å²) in [5.74, 6) is -2.15. The topological polar surface area (TPSA) is 92.8 Å². The van der Waals surface area contributed by atoms with Gasteiger partial charge < -0.3 is 10.1 Å². The van der Waals surface area contributed by atoms with Crippen molar-refractivity contribution in [3.05, 3.63) is 59.9 Å². The van der Waals surface area contributed by atoms with Crippen LogP contribution in [0.3, 0.4) is 0 Å². The lowest BCUT2D eigenvalue weighted by Crippen LogP contribution is -2.38. The number of halogens is 1. The van der Waals surface area contributed by atoms with E-state index >= 15 is 0 Å². The molecule has 1 aliphatic carbocycles. The first-order chi connectivity index (χ1) is 14.8. The number of anilines is 1. The van der Waals surface area contributed by atoms with E-state index in [1.807, 2.05) is 0 Å². The second-order valence-corrected chi connectivity index (χ2v) is 9.41. The molecule has 1 N–H and O–H groups in total. The van der Waals surface area contributed by atoms with Gasteiger partial charge in [-0.3, -0.25) is 4.79 Å². The molecule has 0 atom stereocenters. The number of hydrogen-bond acceptors (Lipinski definition) is 5. The largest absolute Gasteiger partial charge is 0.452 e. The van der Waals surface area contributed by atoms with Crippen LogP contribution >= 0.6 is 0 Å². The van der Waals surface area contributed by atoms with Crippen LogP contribution in [-0.2, 0) is 19.6 Å². The maximum Gasteiger partial charge on any atom is 0.338 e. The van der Waals surface area contributed by atoms with Crippen LogP contribution in [0.15, 0.2) is 53.4 Å². The first-order valence-electron chi connectivity index (χ1n) is 10.1. The van der Waals surface area contributed by atoms with Crippen LogP contribution in [-0.4, -0.2) is 44.3 Å². The number of benzene rings is 2. The molecule has 0 bridgehead atoms. The molecule has 2 aromatic carbocycles. The minimum atomic E-state index is -3.82. The number of rotatable bonds is 7. The van der Waals surface area contributed by atoms with Gasteiger partial charge in [-0.15, -0.1) is 0 Å². The highest BCUT2D eigenvalue weighted by Crippen LogP contribution is 2.29. The Balaban J connectivity index is 1.68. The monoisotopic (exact) mass is 448 g/mol. The average Bonchev–Trinajstić information content (AvgIpc) is 2.77. The Labute approximate surface area is 181 Å². The van der Waals surface area contributed by atoms with Gasteiger partial charge in [0.1, 0.15) is 10.7 Å². The van der Waals surface area contributed by atoms with Crippen molar-refractivity contribution in [3.63, 3.8) is 0 Å². The van der Waals surface area contributed by atoms with Gasteiger partial charge in [0.2, 0.25) is 10.0 Å². The van der Waals surface area contributed by atoms with Crippen LogP contribution < -0.4 is 5.32 Å². The highest BCUT2D eigenvalue weighted by Gasteiger charge is 2.31. The summed E-state index contributed by atoms with van der Waals surface area (Å²) in [7, 11) is -2.26. The van der Waals surface area contributed by atoms with Crippen LogP contribution in [0.25, 0.3) is 0 Å². The zero-order chi connectivity index (χ0) is 22.4. The molecule has 9 heteroatoms. The highest BCUT2D eigenvalue weighted by molar-refractivity contribution is 7.89. The lowest BCUT2D eigenvalue weighted by molar-refractivity contribution is -0.119. The van der Waals surface area contributed by atoms with E-state index in [2.05, 4.69) is 5.32 Å². The Morgan fingerprint density at radius 2 is 1.81 bits per heavy atom.